The lowest BCUT2D eigenvalue weighted by molar-refractivity contribution is 0.415. The van der Waals surface area contributed by atoms with Crippen molar-refractivity contribution in [2.75, 3.05) is 28.4 Å². The minimum Gasteiger partial charge on any atom is -0.507 e. The molecule has 8 aromatic rings. The number of hydrogen-bond acceptors (Lipinski definition) is 16. The first-order chi connectivity index (χ1) is 35.0. The van der Waals surface area contributed by atoms with Crippen molar-refractivity contribution in [1.29, 1.82) is 0 Å². The van der Waals surface area contributed by atoms with E-state index in [1.54, 1.807) is 174 Å². The topological polar surface area (TPSA) is 217 Å². The van der Waals surface area contributed by atoms with Crippen molar-refractivity contribution in [3.63, 3.8) is 0 Å². The van der Waals surface area contributed by atoms with Gasteiger partial charge >= 0.3 is 0 Å². The molecule has 0 unspecified atom stereocenters. The highest BCUT2D eigenvalue weighted by Gasteiger charge is 2.22. The van der Waals surface area contributed by atoms with Crippen LogP contribution >= 0.6 is 0 Å². The van der Waals surface area contributed by atoms with Crippen LogP contribution in [-0.2, 0) is 25.7 Å². The van der Waals surface area contributed by atoms with E-state index in [0.29, 0.717) is 113 Å². The van der Waals surface area contributed by atoms with E-state index in [9.17, 15) is 20.4 Å². The van der Waals surface area contributed by atoms with Crippen molar-refractivity contribution in [1.82, 2.24) is 0 Å². The summed E-state index contributed by atoms with van der Waals surface area (Å²) < 4.78 is 21.6. The number of methoxy groups -OCH3 is 4. The van der Waals surface area contributed by atoms with Crippen molar-refractivity contribution in [3.05, 3.63) is 190 Å². The Balaban J connectivity index is 1.24. The fourth-order valence-electron chi connectivity index (χ4n) is 8.25. The second-order valence-electron chi connectivity index (χ2n) is 16.8. The third kappa shape index (κ3) is 11.2. The third-order valence-corrected chi connectivity index (χ3v) is 11.9. The van der Waals surface area contributed by atoms with Crippen LogP contribution in [0.3, 0.4) is 0 Å². The molecular weight excluding hydrogens is 913 g/mol. The van der Waals surface area contributed by atoms with Crippen molar-refractivity contribution >= 4 is 45.5 Å². The van der Waals surface area contributed by atoms with E-state index < -0.39 is 0 Å². The zero-order valence-corrected chi connectivity index (χ0v) is 39.7. The van der Waals surface area contributed by atoms with Gasteiger partial charge in [-0.2, -0.15) is 40.9 Å². The van der Waals surface area contributed by atoms with Crippen LogP contribution in [0.2, 0.25) is 0 Å². The fourth-order valence-corrected chi connectivity index (χ4v) is 8.25. The van der Waals surface area contributed by atoms with E-state index in [4.69, 9.17) is 18.9 Å². The van der Waals surface area contributed by atoms with Crippen molar-refractivity contribution in [2.45, 2.75) is 25.7 Å². The maximum absolute atomic E-state index is 12.2. The quantitative estimate of drug-likeness (QED) is 0.0862. The van der Waals surface area contributed by atoms with Crippen molar-refractivity contribution in [3.8, 4) is 46.0 Å². The Morgan fingerprint density at radius 3 is 0.625 bits per heavy atom. The molecule has 1 aliphatic rings. The molecule has 1 aliphatic carbocycles. The Bertz CT molecular complexity index is 2900. The highest BCUT2D eigenvalue weighted by Crippen LogP contribution is 2.43. The lowest BCUT2D eigenvalue weighted by Gasteiger charge is -2.18. The molecule has 0 fully saturated rings. The molecule has 16 nitrogen and oxygen atoms in total. The molecule has 360 valence electrons. The fraction of sp³-hybridized carbons (Fsp3) is 0.143. The molecule has 0 aromatic heterocycles. The van der Waals surface area contributed by atoms with Crippen LogP contribution in [0.1, 0.15) is 44.5 Å². The normalized spacial score (nSPS) is 12.5. The number of phenolic OH excluding ortho intramolecular Hbond substituents is 4. The van der Waals surface area contributed by atoms with Gasteiger partial charge in [0.05, 0.1) is 73.9 Å². The number of fused-ring (bicyclic) bond motifs is 8. The van der Waals surface area contributed by atoms with Gasteiger partial charge in [0.2, 0.25) is 0 Å². The molecule has 0 atom stereocenters. The number of phenols is 4. The molecule has 0 heterocycles. The van der Waals surface area contributed by atoms with Gasteiger partial charge in [0.1, 0.15) is 46.0 Å². The molecule has 72 heavy (non-hydrogen) atoms. The Labute approximate surface area is 414 Å². The molecule has 0 saturated heterocycles. The van der Waals surface area contributed by atoms with E-state index in [-0.39, 0.29) is 48.7 Å². The summed E-state index contributed by atoms with van der Waals surface area (Å²) in [5.41, 5.74) is 6.80. The average Bonchev–Trinajstić information content (AvgIpc) is 3.40. The average molecular weight is 961 g/mol. The van der Waals surface area contributed by atoms with Crippen LogP contribution in [0, 0.1) is 0 Å². The number of hydrogen-bond donors (Lipinski definition) is 4. The van der Waals surface area contributed by atoms with E-state index in [1.165, 1.54) is 0 Å². The molecule has 0 spiro atoms. The minimum atomic E-state index is -0.0925. The van der Waals surface area contributed by atoms with Gasteiger partial charge in [0, 0.05) is 94.5 Å². The maximum Gasteiger partial charge on any atom is 0.122 e. The molecule has 0 amide bonds. The molecule has 0 aliphatic heterocycles. The van der Waals surface area contributed by atoms with Crippen LogP contribution in [0.25, 0.3) is 0 Å². The van der Waals surface area contributed by atoms with Gasteiger partial charge in [0.25, 0.3) is 0 Å². The lowest BCUT2D eigenvalue weighted by Crippen LogP contribution is -2.01. The largest absolute Gasteiger partial charge is 0.507 e. The summed E-state index contributed by atoms with van der Waals surface area (Å²) in [7, 11) is 6.27. The molecule has 0 radical (unpaired) electrons. The third-order valence-electron chi connectivity index (χ3n) is 11.9. The predicted molar refractivity (Wildman–Crippen MR) is 272 cm³/mol. The molecule has 16 heteroatoms. The van der Waals surface area contributed by atoms with Gasteiger partial charge in [-0.05, 0) is 97.1 Å². The van der Waals surface area contributed by atoms with E-state index in [2.05, 4.69) is 40.9 Å². The lowest BCUT2D eigenvalue weighted by atomic mass is 9.90. The van der Waals surface area contributed by atoms with Crippen molar-refractivity contribution < 1.29 is 39.4 Å². The second kappa shape index (κ2) is 21.5. The monoisotopic (exact) mass is 960 g/mol. The highest BCUT2D eigenvalue weighted by atomic mass is 16.5. The molecular formula is C56H48N8O8. The summed E-state index contributed by atoms with van der Waals surface area (Å²) in [6.07, 6.45) is -0.0526. The number of azo groups is 4. The van der Waals surface area contributed by atoms with Gasteiger partial charge in [-0.3, -0.25) is 0 Å². The van der Waals surface area contributed by atoms with E-state index >= 15 is 0 Å². The van der Waals surface area contributed by atoms with Crippen LogP contribution in [0.4, 0.5) is 45.5 Å². The SMILES string of the molecule is COc1cccc(N=Nc2cc3c(O)c(c2)Cc2cc(N=Nc4cccc(OC)c4)cc(c2O)Cc2cc(N=Nc4cccc(OC)c4)cc(c2O)Cc2cc(N=Nc4cccc(OC)c4)cc(c2O)C3)c1. The summed E-state index contributed by atoms with van der Waals surface area (Å²) >= 11 is 0. The van der Waals surface area contributed by atoms with Crippen LogP contribution < -0.4 is 18.9 Å². The van der Waals surface area contributed by atoms with Crippen molar-refractivity contribution in [2.24, 2.45) is 40.9 Å². The zero-order chi connectivity index (χ0) is 50.1. The van der Waals surface area contributed by atoms with E-state index in [0.717, 1.165) is 0 Å². The number of benzene rings is 8. The van der Waals surface area contributed by atoms with Crippen LogP contribution in [0.5, 0.6) is 46.0 Å². The summed E-state index contributed by atoms with van der Waals surface area (Å²) in [4.78, 5) is 0. The van der Waals surface area contributed by atoms with E-state index in [1.807, 2.05) is 0 Å². The predicted octanol–water partition coefficient (Wildman–Crippen LogP) is 14.9. The Hall–Kier alpha value is -9.44. The summed E-state index contributed by atoms with van der Waals surface area (Å²) in [5, 5.41) is 85.3. The zero-order valence-electron chi connectivity index (χ0n) is 39.7. The first-order valence-electron chi connectivity index (χ1n) is 22.7. The first kappa shape index (κ1) is 47.6. The first-order valence-corrected chi connectivity index (χ1v) is 22.7. The maximum atomic E-state index is 12.2. The second-order valence-corrected chi connectivity index (χ2v) is 16.8. The smallest absolute Gasteiger partial charge is 0.122 e. The number of nitrogens with zero attached hydrogens (tertiary/aromatic N) is 8. The number of ether oxygens (including phenoxy) is 4. The number of rotatable bonds is 12. The standard InChI is InChI=1S/C56H48N8O8/c1-69-49-13-5-9-41(29-49)57-61-45-21-33-17-35-23-46(62-58-42-10-6-14-50(30-42)70-2)25-37(54(35)66)19-39-27-48(64-60-44-12-8-16-52(32-44)72-4)28-40(56(39)68)20-38-26-47(63-59-43-11-7-15-51(31-43)71-3)24-36(55(38)67)18-34(22-45)53(33)65/h5-16,21-32,65-68H,17-20H2,1-4H3. The van der Waals surface area contributed by atoms with Gasteiger partial charge in [0.15, 0.2) is 0 Å². The van der Waals surface area contributed by atoms with Gasteiger partial charge in [-0.25, -0.2) is 0 Å². The molecule has 8 bridgehead atoms. The van der Waals surface area contributed by atoms with Crippen LogP contribution in [0.15, 0.2) is 187 Å². The molecule has 8 aromatic carbocycles. The summed E-state index contributed by atoms with van der Waals surface area (Å²) in [6.45, 7) is 0. The molecule has 4 N–H and O–H groups in total. The highest BCUT2D eigenvalue weighted by molar-refractivity contribution is 5.64. The van der Waals surface area contributed by atoms with Gasteiger partial charge in [-0.15, -0.1) is 0 Å². The Kier molecular flexibility index (Phi) is 14.2. The van der Waals surface area contributed by atoms with Crippen LogP contribution in [-0.4, -0.2) is 48.9 Å². The summed E-state index contributed by atoms with van der Waals surface area (Å²) in [5.74, 6) is 2.04. The Morgan fingerprint density at radius 1 is 0.264 bits per heavy atom. The number of aromatic hydroxyl groups is 4. The summed E-state index contributed by atoms with van der Waals surface area (Å²) in [6, 6.07) is 42.0. The molecule has 0 saturated carbocycles. The minimum absolute atomic E-state index is 0.0131. The Morgan fingerprint density at radius 2 is 0.444 bits per heavy atom. The molecule has 9 rings (SSSR count). The van der Waals surface area contributed by atoms with Gasteiger partial charge < -0.3 is 39.4 Å². The van der Waals surface area contributed by atoms with Gasteiger partial charge in [-0.1, -0.05) is 24.3 Å².